The highest BCUT2D eigenvalue weighted by atomic mass is 16.7. The lowest BCUT2D eigenvalue weighted by molar-refractivity contribution is -0.114. The van der Waals surface area contributed by atoms with Crippen LogP contribution in [0, 0.1) is 11.8 Å². The van der Waals surface area contributed by atoms with Crippen LogP contribution in [-0.2, 0) is 9.53 Å². The molecule has 1 heterocycles. The second-order valence-corrected chi connectivity index (χ2v) is 7.44. The largest absolute Gasteiger partial charge is 0.502 e. The number of rotatable bonds is 6. The van der Waals surface area contributed by atoms with E-state index in [1.807, 2.05) is 12.1 Å². The summed E-state index contributed by atoms with van der Waals surface area (Å²) in [5, 5.41) is 10.3. The van der Waals surface area contributed by atoms with Gasteiger partial charge in [-0.25, -0.2) is 0 Å². The number of hydrogen-bond acceptors (Lipinski definition) is 8. The van der Waals surface area contributed by atoms with Crippen LogP contribution in [0.3, 0.4) is 0 Å². The molecule has 0 amide bonds. The SMILES string of the molecule is COC[C@H]1C(C=O)C(c2cc(OC)c(O)c(OC)c2)c2cc3c(cc2[C@H]1N)OCO3. The minimum atomic E-state index is -0.466. The van der Waals surface area contributed by atoms with Crippen molar-refractivity contribution in [2.24, 2.45) is 17.6 Å². The fourth-order valence-corrected chi connectivity index (χ4v) is 4.54. The fraction of sp³-hybridized carbons (Fsp3) is 0.409. The lowest BCUT2D eigenvalue weighted by Crippen LogP contribution is -2.40. The molecule has 160 valence electrons. The molecular formula is C22H25NO7. The lowest BCUT2D eigenvalue weighted by atomic mass is 9.65. The van der Waals surface area contributed by atoms with Crippen molar-refractivity contribution in [3.05, 3.63) is 41.0 Å². The number of carbonyl (C=O) groups is 1. The highest BCUT2D eigenvalue weighted by molar-refractivity contribution is 5.65. The monoisotopic (exact) mass is 415 g/mol. The second kappa shape index (κ2) is 8.04. The average molecular weight is 415 g/mol. The molecule has 0 bridgehead atoms. The highest BCUT2D eigenvalue weighted by Crippen LogP contribution is 2.52. The molecule has 0 aromatic heterocycles. The van der Waals surface area contributed by atoms with E-state index in [-0.39, 0.29) is 35.9 Å². The summed E-state index contributed by atoms with van der Waals surface area (Å²) < 4.78 is 27.2. The zero-order chi connectivity index (χ0) is 21.4. The van der Waals surface area contributed by atoms with Gasteiger partial charge < -0.3 is 39.3 Å². The summed E-state index contributed by atoms with van der Waals surface area (Å²) in [6.07, 6.45) is 0.924. The van der Waals surface area contributed by atoms with Gasteiger partial charge in [0.05, 0.1) is 20.8 Å². The summed E-state index contributed by atoms with van der Waals surface area (Å²) in [4.78, 5) is 12.3. The molecule has 4 rings (SSSR count). The van der Waals surface area contributed by atoms with Crippen molar-refractivity contribution >= 4 is 6.29 Å². The Bertz CT molecular complexity index is 936. The number of phenolic OH excluding ortho intramolecular Hbond substituents is 1. The summed E-state index contributed by atoms with van der Waals surface area (Å²) in [5.74, 6) is 0.573. The van der Waals surface area contributed by atoms with Crippen LogP contribution >= 0.6 is 0 Å². The standard InChI is InChI=1S/C22H25NO7/c1-26-9-15-14(8-24)20(11-4-18(27-2)22(25)19(5-11)28-3)12-6-16-17(30-10-29-16)7-13(12)21(15)23/h4-8,14-15,20-21,25H,9-10,23H2,1-3H3/t14?,15-,20?,21+/m0/s1. The van der Waals surface area contributed by atoms with E-state index in [1.54, 1.807) is 19.2 Å². The van der Waals surface area contributed by atoms with Crippen LogP contribution in [0.25, 0.3) is 0 Å². The van der Waals surface area contributed by atoms with E-state index in [4.69, 9.17) is 29.4 Å². The highest BCUT2D eigenvalue weighted by Gasteiger charge is 2.43. The number of ether oxygens (including phenoxy) is 5. The van der Waals surface area contributed by atoms with Crippen LogP contribution in [0.5, 0.6) is 28.7 Å². The van der Waals surface area contributed by atoms with Gasteiger partial charge >= 0.3 is 0 Å². The molecule has 8 heteroatoms. The molecule has 0 spiro atoms. The van der Waals surface area contributed by atoms with Crippen molar-refractivity contribution < 1.29 is 33.6 Å². The Morgan fingerprint density at radius 1 is 1.07 bits per heavy atom. The fourth-order valence-electron chi connectivity index (χ4n) is 4.54. The molecule has 30 heavy (non-hydrogen) atoms. The number of methoxy groups -OCH3 is 3. The minimum Gasteiger partial charge on any atom is -0.502 e. The minimum absolute atomic E-state index is 0.0988. The topological polar surface area (TPSA) is 109 Å². The van der Waals surface area contributed by atoms with Crippen molar-refractivity contribution in [3.8, 4) is 28.7 Å². The molecule has 1 aliphatic carbocycles. The molecule has 2 aliphatic rings. The number of benzene rings is 2. The maximum absolute atomic E-state index is 12.3. The molecular weight excluding hydrogens is 390 g/mol. The van der Waals surface area contributed by atoms with Gasteiger partial charge in [-0.05, 0) is 41.0 Å². The number of carbonyl (C=O) groups excluding carboxylic acids is 1. The molecule has 3 N–H and O–H groups in total. The zero-order valence-electron chi connectivity index (χ0n) is 17.1. The molecule has 0 fully saturated rings. The number of aromatic hydroxyl groups is 1. The first-order valence-electron chi connectivity index (χ1n) is 9.62. The maximum atomic E-state index is 12.3. The Labute approximate surface area is 174 Å². The van der Waals surface area contributed by atoms with Gasteiger partial charge in [0.2, 0.25) is 12.5 Å². The van der Waals surface area contributed by atoms with E-state index in [1.165, 1.54) is 14.2 Å². The Morgan fingerprint density at radius 2 is 1.67 bits per heavy atom. The molecule has 8 nitrogen and oxygen atoms in total. The van der Waals surface area contributed by atoms with Crippen LogP contribution in [0.4, 0.5) is 0 Å². The van der Waals surface area contributed by atoms with Crippen molar-refractivity contribution in [2.45, 2.75) is 12.0 Å². The van der Waals surface area contributed by atoms with Gasteiger partial charge in [0.25, 0.3) is 0 Å². The van der Waals surface area contributed by atoms with Gasteiger partial charge in [-0.3, -0.25) is 0 Å². The van der Waals surface area contributed by atoms with Crippen LogP contribution in [0.15, 0.2) is 24.3 Å². The van der Waals surface area contributed by atoms with Crippen LogP contribution in [0.1, 0.15) is 28.7 Å². The molecule has 0 saturated heterocycles. The predicted molar refractivity (Wildman–Crippen MR) is 107 cm³/mol. The van der Waals surface area contributed by atoms with Crippen molar-refractivity contribution in [1.82, 2.24) is 0 Å². The van der Waals surface area contributed by atoms with E-state index in [0.29, 0.717) is 18.1 Å². The average Bonchev–Trinajstić information content (AvgIpc) is 3.22. The predicted octanol–water partition coefficient (Wildman–Crippen LogP) is 2.36. The van der Waals surface area contributed by atoms with Crippen molar-refractivity contribution in [2.75, 3.05) is 34.7 Å². The number of hydrogen-bond donors (Lipinski definition) is 2. The third kappa shape index (κ3) is 3.12. The number of phenols is 1. The summed E-state index contributed by atoms with van der Waals surface area (Å²) in [7, 11) is 4.52. The van der Waals surface area contributed by atoms with Gasteiger partial charge in [-0.15, -0.1) is 0 Å². The van der Waals surface area contributed by atoms with E-state index in [2.05, 4.69) is 0 Å². The summed E-state index contributed by atoms with van der Waals surface area (Å²) >= 11 is 0. The quantitative estimate of drug-likeness (QED) is 0.692. The number of fused-ring (bicyclic) bond motifs is 2. The van der Waals surface area contributed by atoms with Crippen molar-refractivity contribution in [1.29, 1.82) is 0 Å². The molecule has 1 aliphatic heterocycles. The van der Waals surface area contributed by atoms with Gasteiger partial charge in [-0.1, -0.05) is 0 Å². The van der Waals surface area contributed by atoms with E-state index >= 15 is 0 Å². The Hall–Kier alpha value is -2.97. The number of aldehydes is 1. The lowest BCUT2D eigenvalue weighted by Gasteiger charge is -2.41. The smallest absolute Gasteiger partial charge is 0.231 e. The van der Waals surface area contributed by atoms with Crippen LogP contribution < -0.4 is 24.7 Å². The van der Waals surface area contributed by atoms with Crippen LogP contribution in [0.2, 0.25) is 0 Å². The molecule has 2 unspecified atom stereocenters. The van der Waals surface area contributed by atoms with Gasteiger partial charge in [0.15, 0.2) is 23.0 Å². The third-order valence-corrected chi connectivity index (χ3v) is 5.99. The molecule has 0 saturated carbocycles. The summed E-state index contributed by atoms with van der Waals surface area (Å²) in [5.41, 5.74) is 9.08. The molecule has 4 atom stereocenters. The Balaban J connectivity index is 1.95. The van der Waals surface area contributed by atoms with Gasteiger partial charge in [0.1, 0.15) is 6.29 Å². The first-order valence-corrected chi connectivity index (χ1v) is 9.62. The first kappa shape index (κ1) is 20.3. The molecule has 2 aromatic rings. The first-order chi connectivity index (χ1) is 14.5. The van der Waals surface area contributed by atoms with Crippen molar-refractivity contribution in [3.63, 3.8) is 0 Å². The summed E-state index contributed by atoms with van der Waals surface area (Å²) in [6.45, 7) is 0.457. The van der Waals surface area contributed by atoms with E-state index < -0.39 is 12.0 Å². The van der Waals surface area contributed by atoms with E-state index in [9.17, 15) is 9.90 Å². The van der Waals surface area contributed by atoms with E-state index in [0.717, 1.165) is 23.0 Å². The summed E-state index contributed by atoms with van der Waals surface area (Å²) in [6, 6.07) is 6.78. The van der Waals surface area contributed by atoms with Gasteiger partial charge in [0, 0.05) is 30.9 Å². The molecule has 0 radical (unpaired) electrons. The Morgan fingerprint density at radius 3 is 2.20 bits per heavy atom. The van der Waals surface area contributed by atoms with Crippen LogP contribution in [-0.4, -0.2) is 46.1 Å². The second-order valence-electron chi connectivity index (χ2n) is 7.44. The number of nitrogens with two attached hydrogens (primary N) is 1. The van der Waals surface area contributed by atoms with Gasteiger partial charge in [-0.2, -0.15) is 0 Å². The maximum Gasteiger partial charge on any atom is 0.231 e. The normalized spacial score (nSPS) is 24.3. The Kier molecular flexibility index (Phi) is 5.44. The molecule has 2 aromatic carbocycles. The zero-order valence-corrected chi connectivity index (χ0v) is 17.1. The third-order valence-electron chi connectivity index (χ3n) is 5.99.